The molecule has 0 fully saturated rings. The molecule has 0 saturated heterocycles. The van der Waals surface area contributed by atoms with Gasteiger partial charge in [-0.25, -0.2) is 0 Å². The summed E-state index contributed by atoms with van der Waals surface area (Å²) in [4.78, 5) is 16.4. The molecule has 3 heterocycles. The first-order chi connectivity index (χ1) is 12.8. The summed E-state index contributed by atoms with van der Waals surface area (Å²) in [6.45, 7) is 0.914. The van der Waals surface area contributed by atoms with E-state index < -0.39 is 0 Å². The van der Waals surface area contributed by atoms with E-state index in [-0.39, 0.29) is 11.9 Å². The summed E-state index contributed by atoms with van der Waals surface area (Å²) < 4.78 is 11.0. The van der Waals surface area contributed by atoms with Crippen LogP contribution in [0.25, 0.3) is 0 Å². The first-order valence-electron chi connectivity index (χ1n) is 8.52. The fraction of sp³-hybridized carbons (Fsp3) is 0.200. The third kappa shape index (κ3) is 3.69. The molecule has 6 heteroatoms. The Labute approximate surface area is 151 Å². The monoisotopic (exact) mass is 349 g/mol. The number of anilines is 1. The molecule has 0 unspecified atom stereocenters. The number of hydrogen-bond donors (Lipinski definition) is 2. The van der Waals surface area contributed by atoms with Gasteiger partial charge in [-0.3, -0.25) is 9.78 Å². The molecule has 0 saturated carbocycles. The average Bonchev–Trinajstić information content (AvgIpc) is 3.20. The molecule has 1 aliphatic rings. The van der Waals surface area contributed by atoms with Crippen LogP contribution in [0.2, 0.25) is 0 Å². The van der Waals surface area contributed by atoms with E-state index in [1.807, 2.05) is 30.3 Å². The number of fused-ring (bicyclic) bond motifs is 1. The van der Waals surface area contributed by atoms with E-state index in [1.54, 1.807) is 24.6 Å². The van der Waals surface area contributed by atoms with Crippen molar-refractivity contribution in [3.05, 3.63) is 78.0 Å². The second-order valence-corrected chi connectivity index (χ2v) is 6.16. The third-order valence-corrected chi connectivity index (χ3v) is 4.25. The van der Waals surface area contributed by atoms with Crippen LogP contribution < -0.4 is 15.4 Å². The van der Waals surface area contributed by atoms with E-state index in [4.69, 9.17) is 9.15 Å². The normalized spacial score (nSPS) is 15.6. The standard InChI is InChI=1S/C20H19N3O3/c24-20(22-12-17-5-3-9-25-17)18-11-15(7-8-21-18)23-16-10-14-4-1-2-6-19(14)26-13-16/h1-9,11,16H,10,12-13H2,(H,21,23)(H,22,24)/t16-/m0/s1. The van der Waals surface area contributed by atoms with Gasteiger partial charge in [-0.05, 0) is 42.3 Å². The smallest absolute Gasteiger partial charge is 0.270 e. The van der Waals surface area contributed by atoms with Crippen LogP contribution in [0.15, 0.2) is 65.4 Å². The van der Waals surface area contributed by atoms with Crippen molar-refractivity contribution in [1.82, 2.24) is 10.3 Å². The van der Waals surface area contributed by atoms with Crippen LogP contribution in [-0.2, 0) is 13.0 Å². The molecule has 1 aromatic carbocycles. The van der Waals surface area contributed by atoms with Gasteiger partial charge < -0.3 is 19.8 Å². The fourth-order valence-corrected chi connectivity index (χ4v) is 2.97. The maximum absolute atomic E-state index is 12.3. The predicted octanol–water partition coefficient (Wildman–Crippen LogP) is 3.02. The highest BCUT2D eigenvalue weighted by Crippen LogP contribution is 2.25. The van der Waals surface area contributed by atoms with Crippen molar-refractivity contribution < 1.29 is 13.9 Å². The van der Waals surface area contributed by atoms with Crippen molar-refractivity contribution in [2.75, 3.05) is 11.9 Å². The fourth-order valence-electron chi connectivity index (χ4n) is 2.97. The maximum atomic E-state index is 12.3. The molecule has 1 aliphatic heterocycles. The van der Waals surface area contributed by atoms with Gasteiger partial charge in [0.15, 0.2) is 0 Å². The number of benzene rings is 1. The number of amides is 1. The lowest BCUT2D eigenvalue weighted by Gasteiger charge is -2.26. The largest absolute Gasteiger partial charge is 0.491 e. The molecule has 1 atom stereocenters. The number of pyridine rings is 1. The Morgan fingerprint density at radius 2 is 2.12 bits per heavy atom. The minimum Gasteiger partial charge on any atom is -0.491 e. The lowest BCUT2D eigenvalue weighted by Crippen LogP contribution is -2.33. The molecule has 3 aromatic rings. The van der Waals surface area contributed by atoms with Crippen molar-refractivity contribution in [2.45, 2.75) is 19.0 Å². The summed E-state index contributed by atoms with van der Waals surface area (Å²) in [5, 5.41) is 6.22. The lowest BCUT2D eigenvalue weighted by atomic mass is 10.0. The molecule has 6 nitrogen and oxygen atoms in total. The Morgan fingerprint density at radius 3 is 3.00 bits per heavy atom. The number of hydrogen-bond acceptors (Lipinski definition) is 5. The van der Waals surface area contributed by atoms with Gasteiger partial charge in [0.05, 0.1) is 18.8 Å². The van der Waals surface area contributed by atoms with Gasteiger partial charge in [-0.15, -0.1) is 0 Å². The van der Waals surface area contributed by atoms with Crippen LogP contribution >= 0.6 is 0 Å². The van der Waals surface area contributed by atoms with E-state index >= 15 is 0 Å². The van der Waals surface area contributed by atoms with Crippen molar-refractivity contribution in [1.29, 1.82) is 0 Å². The molecular formula is C20H19N3O3. The van der Waals surface area contributed by atoms with Crippen LogP contribution in [0.1, 0.15) is 21.8 Å². The number of nitrogens with zero attached hydrogens (tertiary/aromatic N) is 1. The van der Waals surface area contributed by atoms with Crippen LogP contribution in [-0.4, -0.2) is 23.5 Å². The number of aromatic nitrogens is 1. The first kappa shape index (κ1) is 16.2. The first-order valence-corrected chi connectivity index (χ1v) is 8.52. The van der Waals surface area contributed by atoms with Gasteiger partial charge in [-0.2, -0.15) is 0 Å². The Bertz CT molecular complexity index is 893. The Hall–Kier alpha value is -3.28. The van der Waals surface area contributed by atoms with Gasteiger partial charge in [0.2, 0.25) is 0 Å². The van der Waals surface area contributed by atoms with E-state index in [0.717, 1.165) is 17.9 Å². The van der Waals surface area contributed by atoms with Crippen molar-refractivity contribution in [2.24, 2.45) is 0 Å². The number of nitrogens with one attached hydrogen (secondary N) is 2. The van der Waals surface area contributed by atoms with Gasteiger partial charge in [-0.1, -0.05) is 18.2 Å². The highest BCUT2D eigenvalue weighted by Gasteiger charge is 2.19. The number of rotatable bonds is 5. The number of carbonyl (C=O) groups excluding carboxylic acids is 1. The molecule has 1 amide bonds. The molecule has 2 N–H and O–H groups in total. The van der Waals surface area contributed by atoms with Gasteiger partial charge in [0.1, 0.15) is 23.8 Å². The highest BCUT2D eigenvalue weighted by molar-refractivity contribution is 5.93. The quantitative estimate of drug-likeness (QED) is 0.740. The molecule has 0 bridgehead atoms. The van der Waals surface area contributed by atoms with Crippen LogP contribution in [0.3, 0.4) is 0 Å². The van der Waals surface area contributed by atoms with Gasteiger partial charge in [0, 0.05) is 11.9 Å². The van der Waals surface area contributed by atoms with Gasteiger partial charge >= 0.3 is 0 Å². The number of para-hydroxylation sites is 1. The zero-order valence-electron chi connectivity index (χ0n) is 14.1. The Morgan fingerprint density at radius 1 is 1.19 bits per heavy atom. The minimum absolute atomic E-state index is 0.145. The zero-order valence-corrected chi connectivity index (χ0v) is 14.1. The summed E-state index contributed by atoms with van der Waals surface area (Å²) in [6, 6.07) is 15.4. The summed E-state index contributed by atoms with van der Waals surface area (Å²) in [5.74, 6) is 1.40. The number of furan rings is 1. The second kappa shape index (κ2) is 7.31. The Balaban J connectivity index is 1.39. The molecule has 132 valence electrons. The summed E-state index contributed by atoms with van der Waals surface area (Å²) in [5.41, 5.74) is 2.39. The average molecular weight is 349 g/mol. The lowest BCUT2D eigenvalue weighted by molar-refractivity contribution is 0.0943. The predicted molar refractivity (Wildman–Crippen MR) is 97.2 cm³/mol. The molecule has 0 radical (unpaired) electrons. The third-order valence-electron chi connectivity index (χ3n) is 4.25. The number of ether oxygens (including phenoxy) is 1. The Kier molecular flexibility index (Phi) is 4.55. The molecule has 4 rings (SSSR count). The molecule has 0 aliphatic carbocycles. The van der Waals surface area contributed by atoms with Crippen molar-refractivity contribution in [3.63, 3.8) is 0 Å². The maximum Gasteiger partial charge on any atom is 0.270 e. The van der Waals surface area contributed by atoms with Crippen LogP contribution in [0, 0.1) is 0 Å². The topological polar surface area (TPSA) is 76.4 Å². The molecule has 0 spiro atoms. The van der Waals surface area contributed by atoms with E-state index in [2.05, 4.69) is 21.7 Å². The summed E-state index contributed by atoms with van der Waals surface area (Å²) >= 11 is 0. The van der Waals surface area contributed by atoms with Crippen LogP contribution in [0.4, 0.5) is 5.69 Å². The molecule has 26 heavy (non-hydrogen) atoms. The van der Waals surface area contributed by atoms with E-state index in [9.17, 15) is 4.79 Å². The molecule has 2 aromatic heterocycles. The van der Waals surface area contributed by atoms with Crippen molar-refractivity contribution in [3.8, 4) is 5.75 Å². The van der Waals surface area contributed by atoms with Crippen LogP contribution in [0.5, 0.6) is 5.75 Å². The highest BCUT2D eigenvalue weighted by atomic mass is 16.5. The number of carbonyl (C=O) groups is 1. The SMILES string of the molecule is O=C(NCc1ccco1)c1cc(N[C@@H]2COc3ccccc3C2)ccn1. The zero-order chi connectivity index (χ0) is 17.8. The van der Waals surface area contributed by atoms with E-state index in [1.165, 1.54) is 5.56 Å². The van der Waals surface area contributed by atoms with Gasteiger partial charge in [0.25, 0.3) is 5.91 Å². The summed E-state index contributed by atoms with van der Waals surface area (Å²) in [6.07, 6.45) is 4.08. The molecular weight excluding hydrogens is 330 g/mol. The van der Waals surface area contributed by atoms with E-state index in [0.29, 0.717) is 24.6 Å². The minimum atomic E-state index is -0.240. The van der Waals surface area contributed by atoms with Crippen molar-refractivity contribution >= 4 is 11.6 Å². The second-order valence-electron chi connectivity index (χ2n) is 6.16. The summed E-state index contributed by atoms with van der Waals surface area (Å²) in [7, 11) is 0.